The SMILES string of the molecule is COc1cc(/C=C/C(=O)c2ccc(N3CCCC3=O)cc2)c([N+](=O)[O-])cc1OC. The molecule has 0 aromatic heterocycles. The first kappa shape index (κ1) is 20.1. The molecule has 1 aliphatic heterocycles. The van der Waals surface area contributed by atoms with E-state index in [9.17, 15) is 19.7 Å². The predicted octanol–water partition coefficient (Wildman–Crippen LogP) is 3.63. The summed E-state index contributed by atoms with van der Waals surface area (Å²) in [5, 5.41) is 11.4. The molecule has 8 heteroatoms. The van der Waals surface area contributed by atoms with Gasteiger partial charge in [-0.3, -0.25) is 19.7 Å². The number of methoxy groups -OCH3 is 2. The van der Waals surface area contributed by atoms with Crippen LogP contribution in [0.4, 0.5) is 11.4 Å². The molecule has 0 atom stereocenters. The van der Waals surface area contributed by atoms with E-state index in [-0.39, 0.29) is 28.7 Å². The monoisotopic (exact) mass is 396 g/mol. The van der Waals surface area contributed by atoms with E-state index in [0.717, 1.165) is 12.1 Å². The van der Waals surface area contributed by atoms with Crippen LogP contribution in [0.5, 0.6) is 11.5 Å². The largest absolute Gasteiger partial charge is 0.493 e. The van der Waals surface area contributed by atoms with Gasteiger partial charge in [-0.05, 0) is 48.9 Å². The van der Waals surface area contributed by atoms with E-state index in [4.69, 9.17) is 9.47 Å². The highest BCUT2D eigenvalue weighted by atomic mass is 16.6. The lowest BCUT2D eigenvalue weighted by Crippen LogP contribution is -2.23. The third-order valence-corrected chi connectivity index (χ3v) is 4.68. The second-order valence-electron chi connectivity index (χ2n) is 6.42. The topological polar surface area (TPSA) is 99.0 Å². The van der Waals surface area contributed by atoms with Crippen LogP contribution in [0.3, 0.4) is 0 Å². The minimum Gasteiger partial charge on any atom is -0.493 e. The molecule has 8 nitrogen and oxygen atoms in total. The number of ether oxygens (including phenoxy) is 2. The summed E-state index contributed by atoms with van der Waals surface area (Å²) in [5.41, 5.74) is 1.19. The van der Waals surface area contributed by atoms with Crippen LogP contribution < -0.4 is 14.4 Å². The van der Waals surface area contributed by atoms with Crippen molar-refractivity contribution in [3.8, 4) is 11.5 Å². The Bertz CT molecular complexity index is 981. The molecule has 1 aliphatic rings. The first-order valence-corrected chi connectivity index (χ1v) is 8.98. The molecule has 29 heavy (non-hydrogen) atoms. The molecule has 0 bridgehead atoms. The van der Waals surface area contributed by atoms with Crippen molar-refractivity contribution in [2.45, 2.75) is 12.8 Å². The Labute approximate surface area is 167 Å². The second kappa shape index (κ2) is 8.55. The number of carbonyl (C=O) groups excluding carboxylic acids is 2. The minimum absolute atomic E-state index is 0.0738. The van der Waals surface area contributed by atoms with E-state index in [1.165, 1.54) is 38.5 Å². The fraction of sp³-hybridized carbons (Fsp3) is 0.238. The average Bonchev–Trinajstić information content (AvgIpc) is 3.17. The summed E-state index contributed by atoms with van der Waals surface area (Å²) in [6.07, 6.45) is 4.00. The maximum atomic E-state index is 12.5. The summed E-state index contributed by atoms with van der Waals surface area (Å²) in [6.45, 7) is 0.676. The highest BCUT2D eigenvalue weighted by Gasteiger charge is 2.22. The van der Waals surface area contributed by atoms with Crippen molar-refractivity contribution in [3.05, 3.63) is 63.7 Å². The number of rotatable bonds is 7. The molecular formula is C21H20N2O6. The number of nitro benzene ring substituents is 1. The summed E-state index contributed by atoms with van der Waals surface area (Å²) in [7, 11) is 2.81. The van der Waals surface area contributed by atoms with Crippen LogP contribution in [0.25, 0.3) is 6.08 Å². The van der Waals surface area contributed by atoms with Crippen LogP contribution in [-0.2, 0) is 4.79 Å². The molecule has 0 saturated carbocycles. The lowest BCUT2D eigenvalue weighted by Gasteiger charge is -2.15. The zero-order chi connectivity index (χ0) is 21.0. The Balaban J connectivity index is 1.83. The normalized spacial score (nSPS) is 13.7. The van der Waals surface area contributed by atoms with Gasteiger partial charge in [0.2, 0.25) is 5.91 Å². The van der Waals surface area contributed by atoms with Crippen molar-refractivity contribution >= 4 is 29.1 Å². The summed E-state index contributed by atoms with van der Waals surface area (Å²) < 4.78 is 10.3. The highest BCUT2D eigenvalue weighted by Crippen LogP contribution is 2.35. The van der Waals surface area contributed by atoms with Crippen molar-refractivity contribution in [1.29, 1.82) is 0 Å². The quantitative estimate of drug-likeness (QED) is 0.307. The molecule has 1 saturated heterocycles. The molecule has 1 fully saturated rings. The van der Waals surface area contributed by atoms with E-state index in [1.54, 1.807) is 29.2 Å². The molecule has 2 aromatic rings. The van der Waals surface area contributed by atoms with Gasteiger partial charge in [0.15, 0.2) is 17.3 Å². The van der Waals surface area contributed by atoms with Crippen molar-refractivity contribution in [3.63, 3.8) is 0 Å². The molecule has 1 amide bonds. The number of hydrogen-bond donors (Lipinski definition) is 0. The number of carbonyl (C=O) groups is 2. The molecule has 0 spiro atoms. The van der Waals surface area contributed by atoms with Gasteiger partial charge in [-0.15, -0.1) is 0 Å². The maximum Gasteiger partial charge on any atom is 0.280 e. The summed E-state index contributed by atoms with van der Waals surface area (Å²) >= 11 is 0. The highest BCUT2D eigenvalue weighted by molar-refractivity contribution is 6.07. The standard InChI is InChI=1S/C21H20N2O6/c1-28-19-12-15(17(23(26)27)13-20(19)29-2)7-10-18(24)14-5-8-16(9-6-14)22-11-3-4-21(22)25/h5-10,12-13H,3-4,11H2,1-2H3/b10-7+. The minimum atomic E-state index is -0.548. The van der Waals surface area contributed by atoms with Crippen LogP contribution in [0.1, 0.15) is 28.8 Å². The Hall–Kier alpha value is -3.68. The maximum absolute atomic E-state index is 12.5. The first-order chi connectivity index (χ1) is 13.9. The van der Waals surface area contributed by atoms with Crippen molar-refractivity contribution in [2.24, 2.45) is 0 Å². The number of nitrogens with zero attached hydrogens (tertiary/aromatic N) is 2. The van der Waals surface area contributed by atoms with Crippen molar-refractivity contribution in [1.82, 2.24) is 0 Å². The molecule has 2 aromatic carbocycles. The van der Waals surface area contributed by atoms with Crippen molar-refractivity contribution < 1.29 is 24.0 Å². The van der Waals surface area contributed by atoms with Crippen molar-refractivity contribution in [2.75, 3.05) is 25.7 Å². The number of benzene rings is 2. The summed E-state index contributed by atoms with van der Waals surface area (Å²) in [5.74, 6) is 0.317. The molecule has 0 radical (unpaired) electrons. The third-order valence-electron chi connectivity index (χ3n) is 4.68. The van der Waals surface area contributed by atoms with Crippen LogP contribution in [0.15, 0.2) is 42.5 Å². The van der Waals surface area contributed by atoms with Gasteiger partial charge in [-0.25, -0.2) is 0 Å². The lowest BCUT2D eigenvalue weighted by molar-refractivity contribution is -0.385. The molecule has 3 rings (SSSR count). The summed E-state index contributed by atoms with van der Waals surface area (Å²) in [6, 6.07) is 9.42. The number of nitro groups is 1. The first-order valence-electron chi connectivity index (χ1n) is 8.98. The van der Waals surface area contributed by atoms with E-state index < -0.39 is 4.92 Å². The Morgan fingerprint density at radius 2 is 1.79 bits per heavy atom. The van der Waals surface area contributed by atoms with Gasteiger partial charge in [0, 0.05) is 24.2 Å². The molecule has 1 heterocycles. The van der Waals surface area contributed by atoms with Gasteiger partial charge >= 0.3 is 0 Å². The molecule has 0 unspecified atom stereocenters. The molecule has 0 N–H and O–H groups in total. The van der Waals surface area contributed by atoms with E-state index in [2.05, 4.69) is 0 Å². The van der Waals surface area contributed by atoms with Gasteiger partial charge in [0.1, 0.15) is 0 Å². The fourth-order valence-corrected chi connectivity index (χ4v) is 3.16. The Morgan fingerprint density at radius 1 is 1.14 bits per heavy atom. The zero-order valence-corrected chi connectivity index (χ0v) is 16.1. The predicted molar refractivity (Wildman–Crippen MR) is 108 cm³/mol. The number of hydrogen-bond acceptors (Lipinski definition) is 6. The van der Waals surface area contributed by atoms with Crippen LogP contribution in [-0.4, -0.2) is 37.4 Å². The van der Waals surface area contributed by atoms with Gasteiger partial charge in [0.05, 0.1) is 30.8 Å². The van der Waals surface area contributed by atoms with E-state index in [1.807, 2.05) is 0 Å². The number of allylic oxidation sites excluding steroid dienone is 1. The van der Waals surface area contributed by atoms with E-state index >= 15 is 0 Å². The van der Waals surface area contributed by atoms with Crippen LogP contribution in [0.2, 0.25) is 0 Å². The third kappa shape index (κ3) is 4.26. The Kier molecular flexibility index (Phi) is 5.92. The molecule has 0 aliphatic carbocycles. The average molecular weight is 396 g/mol. The van der Waals surface area contributed by atoms with E-state index in [0.29, 0.717) is 24.3 Å². The number of amides is 1. The van der Waals surface area contributed by atoms with Crippen LogP contribution >= 0.6 is 0 Å². The fourth-order valence-electron chi connectivity index (χ4n) is 3.16. The summed E-state index contributed by atoms with van der Waals surface area (Å²) in [4.78, 5) is 36.8. The van der Waals surface area contributed by atoms with Gasteiger partial charge in [0.25, 0.3) is 5.69 Å². The van der Waals surface area contributed by atoms with Gasteiger partial charge in [-0.2, -0.15) is 0 Å². The lowest BCUT2D eigenvalue weighted by atomic mass is 10.1. The second-order valence-corrected chi connectivity index (χ2v) is 6.42. The number of ketones is 1. The zero-order valence-electron chi connectivity index (χ0n) is 16.1. The van der Waals surface area contributed by atoms with Gasteiger partial charge in [-0.1, -0.05) is 0 Å². The molecule has 150 valence electrons. The Morgan fingerprint density at radius 3 is 2.34 bits per heavy atom. The van der Waals surface area contributed by atoms with Gasteiger partial charge < -0.3 is 14.4 Å². The smallest absolute Gasteiger partial charge is 0.280 e. The number of anilines is 1. The molecular weight excluding hydrogens is 376 g/mol. The van der Waals surface area contributed by atoms with Crippen LogP contribution in [0, 0.1) is 10.1 Å².